The second kappa shape index (κ2) is 4.87. The van der Waals surface area contributed by atoms with E-state index in [1.165, 1.54) is 6.42 Å². The van der Waals surface area contributed by atoms with E-state index in [-0.39, 0.29) is 0 Å². The molecule has 0 aliphatic heterocycles. The smallest absolute Gasteiger partial charge is 0.140 e. The zero-order valence-electron chi connectivity index (χ0n) is 4.72. The lowest BCUT2D eigenvalue weighted by molar-refractivity contribution is -0.237. The maximum absolute atomic E-state index is 9.69. The summed E-state index contributed by atoms with van der Waals surface area (Å²) in [6, 6.07) is 0. The van der Waals surface area contributed by atoms with E-state index in [2.05, 4.69) is 13.8 Å². The Labute approximate surface area is 45.5 Å². The zero-order valence-corrected chi connectivity index (χ0v) is 4.72. The van der Waals surface area contributed by atoms with Crippen molar-refractivity contribution in [1.82, 2.24) is 0 Å². The Morgan fingerprint density at radius 1 is 1.00 bits per heavy atom. The molecule has 0 unspecified atom stereocenters. The van der Waals surface area contributed by atoms with Crippen LogP contribution in [-0.2, 0) is 0 Å². The summed E-state index contributed by atoms with van der Waals surface area (Å²) in [4.78, 5) is 0. The maximum Gasteiger partial charge on any atom is 0.559 e. The number of rotatable bonds is 0. The van der Waals surface area contributed by atoms with Crippen LogP contribution >= 0.6 is 0 Å². The first-order chi connectivity index (χ1) is 3.41. The monoisotopic (exact) mass is 132 g/mol. The largest absolute Gasteiger partial charge is 0.559 e. The van der Waals surface area contributed by atoms with Gasteiger partial charge < -0.3 is 0 Å². The lowest BCUT2D eigenvalue weighted by Crippen LogP contribution is -1.92. The third-order valence-corrected chi connectivity index (χ3v) is 0. The minimum atomic E-state index is -5.50. The van der Waals surface area contributed by atoms with E-state index >= 15 is 0 Å². The van der Waals surface area contributed by atoms with Crippen LogP contribution in [0.5, 0.6) is 0 Å². The van der Waals surface area contributed by atoms with Gasteiger partial charge in [-0.1, -0.05) is 20.3 Å². The van der Waals surface area contributed by atoms with Gasteiger partial charge >= 0.3 is 6.43 Å². The van der Waals surface area contributed by atoms with Gasteiger partial charge in [0.25, 0.3) is 0 Å². The van der Waals surface area contributed by atoms with E-state index in [0.29, 0.717) is 0 Å². The predicted octanol–water partition coefficient (Wildman–Crippen LogP) is 2.89. The SMILES string of the molecule is CCC.FC(F)(F)F. The van der Waals surface area contributed by atoms with Crippen LogP contribution in [0.25, 0.3) is 0 Å². The first-order valence-corrected chi connectivity index (χ1v) is 2.17. The average Bonchev–Trinajstić information content (AvgIpc) is 1.27. The first-order valence-electron chi connectivity index (χ1n) is 2.17. The van der Waals surface area contributed by atoms with Gasteiger partial charge in [-0.3, -0.25) is 0 Å². The summed E-state index contributed by atoms with van der Waals surface area (Å²) in [5.74, 6) is 0. The molecule has 0 rings (SSSR count). The molecular weight excluding hydrogens is 124 g/mol. The Bertz CT molecular complexity index is 31.8. The number of hydrogen-bond donors (Lipinski definition) is 0. The predicted molar refractivity (Wildman–Crippen MR) is 23.1 cm³/mol. The van der Waals surface area contributed by atoms with Crippen molar-refractivity contribution in [3.05, 3.63) is 0 Å². The van der Waals surface area contributed by atoms with Gasteiger partial charge in [-0.25, -0.2) is 0 Å². The fraction of sp³-hybridized carbons (Fsp3) is 1.00. The molecular formula is C4H8F4. The average molecular weight is 132 g/mol. The van der Waals surface area contributed by atoms with E-state index in [1.54, 1.807) is 0 Å². The second-order valence-corrected chi connectivity index (χ2v) is 1.14. The lowest BCUT2D eigenvalue weighted by Gasteiger charge is -1.82. The van der Waals surface area contributed by atoms with Crippen molar-refractivity contribution in [2.45, 2.75) is 26.7 Å². The molecule has 0 saturated heterocycles. The van der Waals surface area contributed by atoms with E-state index in [9.17, 15) is 17.6 Å². The van der Waals surface area contributed by atoms with Crippen LogP contribution in [0.3, 0.4) is 0 Å². The van der Waals surface area contributed by atoms with Crippen molar-refractivity contribution in [2.75, 3.05) is 0 Å². The van der Waals surface area contributed by atoms with E-state index < -0.39 is 6.43 Å². The summed E-state index contributed by atoms with van der Waals surface area (Å²) in [6.45, 7) is 4.25. The summed E-state index contributed by atoms with van der Waals surface area (Å²) in [5, 5.41) is 0. The first kappa shape index (κ1) is 10.7. The van der Waals surface area contributed by atoms with Crippen LogP contribution in [0.4, 0.5) is 17.6 Å². The number of alkyl halides is 4. The van der Waals surface area contributed by atoms with Gasteiger partial charge in [0.2, 0.25) is 0 Å². The Hall–Kier alpha value is -0.280. The molecule has 0 fully saturated rings. The van der Waals surface area contributed by atoms with Crippen LogP contribution in [-0.4, -0.2) is 6.43 Å². The summed E-state index contributed by atoms with van der Waals surface area (Å²) in [5.41, 5.74) is 0. The van der Waals surface area contributed by atoms with Crippen LogP contribution in [0.15, 0.2) is 0 Å². The van der Waals surface area contributed by atoms with Crippen molar-refractivity contribution in [2.24, 2.45) is 0 Å². The highest BCUT2D eigenvalue weighted by Gasteiger charge is 2.24. The van der Waals surface area contributed by atoms with Gasteiger partial charge in [0.1, 0.15) is 0 Å². The Balaban J connectivity index is 0. The topological polar surface area (TPSA) is 0 Å². The molecule has 0 bridgehead atoms. The molecule has 0 aliphatic rings. The van der Waals surface area contributed by atoms with Gasteiger partial charge in [-0.15, -0.1) is 17.6 Å². The Morgan fingerprint density at radius 2 is 1.00 bits per heavy atom. The highest BCUT2D eigenvalue weighted by molar-refractivity contribution is 4.08. The molecule has 52 valence electrons. The lowest BCUT2D eigenvalue weighted by atomic mass is 10.6. The minimum Gasteiger partial charge on any atom is -0.140 e. The molecule has 0 nitrogen and oxygen atoms in total. The van der Waals surface area contributed by atoms with Crippen LogP contribution in [0.2, 0.25) is 0 Å². The normalized spacial score (nSPS) is 9.75. The highest BCUT2D eigenvalue weighted by atomic mass is 19.5. The number of halogens is 4. The molecule has 4 heteroatoms. The molecule has 8 heavy (non-hydrogen) atoms. The van der Waals surface area contributed by atoms with E-state index in [4.69, 9.17) is 0 Å². The molecule has 0 heterocycles. The van der Waals surface area contributed by atoms with Gasteiger partial charge in [0, 0.05) is 0 Å². The Kier molecular flexibility index (Phi) is 6.48. The molecule has 0 spiro atoms. The third-order valence-electron chi connectivity index (χ3n) is 0. The molecule has 0 aromatic heterocycles. The molecule has 0 radical (unpaired) electrons. The van der Waals surface area contributed by atoms with E-state index in [0.717, 1.165) is 0 Å². The van der Waals surface area contributed by atoms with Crippen molar-refractivity contribution in [3.8, 4) is 0 Å². The van der Waals surface area contributed by atoms with Gasteiger partial charge in [0.05, 0.1) is 0 Å². The van der Waals surface area contributed by atoms with Gasteiger partial charge in [0.15, 0.2) is 0 Å². The summed E-state index contributed by atoms with van der Waals surface area (Å²) < 4.78 is 38.8. The molecule has 0 amide bonds. The third kappa shape index (κ3) is 1630. The maximum atomic E-state index is 9.69. The quantitative estimate of drug-likeness (QED) is 0.444. The fourth-order valence-corrected chi connectivity index (χ4v) is 0. The number of hydrogen-bond acceptors (Lipinski definition) is 0. The molecule has 0 aromatic rings. The van der Waals surface area contributed by atoms with Crippen LogP contribution < -0.4 is 0 Å². The molecule has 0 aromatic carbocycles. The van der Waals surface area contributed by atoms with Gasteiger partial charge in [-0.05, 0) is 0 Å². The van der Waals surface area contributed by atoms with Crippen LogP contribution in [0.1, 0.15) is 20.3 Å². The second-order valence-electron chi connectivity index (χ2n) is 1.14. The molecule has 0 N–H and O–H groups in total. The summed E-state index contributed by atoms with van der Waals surface area (Å²) >= 11 is 0. The van der Waals surface area contributed by atoms with E-state index in [1.807, 2.05) is 0 Å². The van der Waals surface area contributed by atoms with Crippen molar-refractivity contribution >= 4 is 0 Å². The molecule has 0 saturated carbocycles. The standard InChI is InChI=1S/C3H8.CF4/c1-3-2;2-1(3,4)5/h3H2,1-2H3;. The van der Waals surface area contributed by atoms with Crippen LogP contribution in [0, 0.1) is 0 Å². The van der Waals surface area contributed by atoms with Crippen molar-refractivity contribution < 1.29 is 17.6 Å². The summed E-state index contributed by atoms with van der Waals surface area (Å²) in [6.07, 6.45) is -4.25. The fourth-order valence-electron chi connectivity index (χ4n) is 0. The molecule has 0 atom stereocenters. The minimum absolute atomic E-state index is 1.25. The Morgan fingerprint density at radius 3 is 1.00 bits per heavy atom. The van der Waals surface area contributed by atoms with Crippen molar-refractivity contribution in [1.29, 1.82) is 0 Å². The van der Waals surface area contributed by atoms with Crippen molar-refractivity contribution in [3.63, 3.8) is 0 Å². The zero-order chi connectivity index (χ0) is 7.21. The summed E-state index contributed by atoms with van der Waals surface area (Å²) in [7, 11) is 0. The van der Waals surface area contributed by atoms with Gasteiger partial charge in [-0.2, -0.15) is 0 Å². The molecule has 0 aliphatic carbocycles. The highest BCUT2D eigenvalue weighted by Crippen LogP contribution is 2.13.